The minimum Gasteiger partial charge on any atom is -0.325 e. The molecule has 0 fully saturated rings. The summed E-state index contributed by atoms with van der Waals surface area (Å²) in [5.74, 6) is 0.227. The average Bonchev–Trinajstić information content (AvgIpc) is 2.64. The molecule has 0 unspecified atom stereocenters. The summed E-state index contributed by atoms with van der Waals surface area (Å²) >= 11 is 2.94. The largest absolute Gasteiger partial charge is 0.325 e. The van der Waals surface area contributed by atoms with E-state index in [1.807, 2.05) is 61.5 Å². The van der Waals surface area contributed by atoms with Crippen LogP contribution in [0.3, 0.4) is 0 Å². The van der Waals surface area contributed by atoms with Crippen molar-refractivity contribution in [1.29, 1.82) is 0 Å². The normalized spacial score (nSPS) is 10.4. The van der Waals surface area contributed by atoms with Crippen LogP contribution < -0.4 is 5.32 Å². The van der Waals surface area contributed by atoms with E-state index in [-0.39, 0.29) is 11.7 Å². The fourth-order valence-corrected chi connectivity index (χ4v) is 3.77. The molecule has 0 aliphatic carbocycles. The Bertz CT molecular complexity index is 839. The van der Waals surface area contributed by atoms with Crippen LogP contribution in [0.15, 0.2) is 81.9 Å². The molecule has 126 valence electrons. The maximum Gasteiger partial charge on any atom is 0.234 e. The van der Waals surface area contributed by atoms with Crippen molar-refractivity contribution in [2.75, 3.05) is 11.1 Å². The number of thioether (sulfide) groups is 1. The molecule has 0 aliphatic heterocycles. The molecular weight excluding hydrogens is 350 g/mol. The minimum atomic E-state index is -0.0600. The summed E-state index contributed by atoms with van der Waals surface area (Å²) in [6.45, 7) is 2.02. The van der Waals surface area contributed by atoms with Crippen molar-refractivity contribution in [3.05, 3.63) is 72.6 Å². The lowest BCUT2D eigenvalue weighted by Gasteiger charge is -2.08. The van der Waals surface area contributed by atoms with Crippen LogP contribution in [0, 0.1) is 6.92 Å². The number of nitrogens with zero attached hydrogens (tertiary/aromatic N) is 2. The number of carbonyl (C=O) groups is 1. The van der Waals surface area contributed by atoms with Crippen molar-refractivity contribution in [1.82, 2.24) is 9.97 Å². The lowest BCUT2D eigenvalue weighted by molar-refractivity contribution is -0.113. The van der Waals surface area contributed by atoms with Gasteiger partial charge in [-0.25, -0.2) is 9.97 Å². The Morgan fingerprint density at radius 1 is 0.960 bits per heavy atom. The summed E-state index contributed by atoms with van der Waals surface area (Å²) in [5, 5.41) is 4.46. The molecule has 0 spiro atoms. The van der Waals surface area contributed by atoms with E-state index in [1.165, 1.54) is 11.8 Å². The lowest BCUT2D eigenvalue weighted by atomic mass is 10.2. The predicted octanol–water partition coefficient (Wildman–Crippen LogP) is 4.67. The first kappa shape index (κ1) is 17.5. The van der Waals surface area contributed by atoms with E-state index in [9.17, 15) is 4.79 Å². The van der Waals surface area contributed by atoms with Crippen LogP contribution in [0.5, 0.6) is 0 Å². The molecule has 3 aromatic rings. The van der Waals surface area contributed by atoms with E-state index < -0.39 is 0 Å². The Kier molecular flexibility index (Phi) is 6.09. The number of carbonyl (C=O) groups excluding carboxylic acids is 1. The van der Waals surface area contributed by atoms with Gasteiger partial charge in [-0.15, -0.1) is 0 Å². The van der Waals surface area contributed by atoms with Crippen molar-refractivity contribution in [3.63, 3.8) is 0 Å². The quantitative estimate of drug-likeness (QED) is 0.642. The Hall–Kier alpha value is -2.31. The highest BCUT2D eigenvalue weighted by molar-refractivity contribution is 8.02. The van der Waals surface area contributed by atoms with Crippen LogP contribution in [0.25, 0.3) is 0 Å². The molecule has 0 saturated heterocycles. The standard InChI is InChI=1S/C19H17N3OS2/c1-14-7-9-15(10-8-14)22-17(23)13-24-18-19(21-12-11-20-18)25-16-5-3-2-4-6-16/h2-12H,13H2,1H3,(H,22,23). The maximum absolute atomic E-state index is 12.2. The number of aromatic nitrogens is 2. The fourth-order valence-electron chi connectivity index (χ4n) is 2.05. The Morgan fingerprint density at radius 2 is 1.64 bits per heavy atom. The summed E-state index contributed by atoms with van der Waals surface area (Å²) in [4.78, 5) is 22.0. The third kappa shape index (κ3) is 5.34. The predicted molar refractivity (Wildman–Crippen MR) is 103 cm³/mol. The van der Waals surface area contributed by atoms with E-state index in [0.717, 1.165) is 26.2 Å². The second-order valence-electron chi connectivity index (χ2n) is 5.28. The van der Waals surface area contributed by atoms with Gasteiger partial charge in [-0.3, -0.25) is 4.79 Å². The highest BCUT2D eigenvalue weighted by Crippen LogP contribution is 2.32. The Labute approximate surface area is 155 Å². The van der Waals surface area contributed by atoms with E-state index in [2.05, 4.69) is 15.3 Å². The number of hydrogen-bond donors (Lipinski definition) is 1. The van der Waals surface area contributed by atoms with Gasteiger partial charge in [0.05, 0.1) is 5.75 Å². The molecule has 1 aromatic heterocycles. The zero-order chi connectivity index (χ0) is 17.5. The molecule has 0 radical (unpaired) electrons. The van der Waals surface area contributed by atoms with Crippen LogP contribution >= 0.6 is 23.5 Å². The first-order chi connectivity index (χ1) is 12.2. The SMILES string of the molecule is Cc1ccc(NC(=O)CSc2nccnc2Sc2ccccc2)cc1. The summed E-state index contributed by atoms with van der Waals surface area (Å²) < 4.78 is 0. The highest BCUT2D eigenvalue weighted by Gasteiger charge is 2.10. The third-order valence-corrected chi connectivity index (χ3v) is 5.37. The zero-order valence-corrected chi connectivity index (χ0v) is 15.3. The third-order valence-electron chi connectivity index (χ3n) is 3.27. The molecule has 0 atom stereocenters. The van der Waals surface area contributed by atoms with Gasteiger partial charge in [0.25, 0.3) is 0 Å². The second-order valence-corrected chi connectivity index (χ2v) is 7.31. The number of hydrogen-bond acceptors (Lipinski definition) is 5. The van der Waals surface area contributed by atoms with Gasteiger partial charge in [0.1, 0.15) is 10.1 Å². The molecule has 4 nitrogen and oxygen atoms in total. The summed E-state index contributed by atoms with van der Waals surface area (Å²) in [5.41, 5.74) is 1.96. The molecule has 6 heteroatoms. The van der Waals surface area contributed by atoms with Gasteiger partial charge in [-0.05, 0) is 31.2 Å². The van der Waals surface area contributed by atoms with Gasteiger partial charge in [0.15, 0.2) is 0 Å². The summed E-state index contributed by atoms with van der Waals surface area (Å²) in [7, 11) is 0. The second kappa shape index (κ2) is 8.69. The Morgan fingerprint density at radius 3 is 2.36 bits per heavy atom. The van der Waals surface area contributed by atoms with Crippen LogP contribution in [-0.2, 0) is 4.79 Å². The first-order valence-electron chi connectivity index (χ1n) is 7.74. The van der Waals surface area contributed by atoms with Gasteiger partial charge in [-0.2, -0.15) is 0 Å². The molecular formula is C19H17N3OS2. The van der Waals surface area contributed by atoms with E-state index in [4.69, 9.17) is 0 Å². The molecule has 0 saturated carbocycles. The topological polar surface area (TPSA) is 54.9 Å². The van der Waals surface area contributed by atoms with Gasteiger partial charge in [0.2, 0.25) is 5.91 Å². The van der Waals surface area contributed by atoms with Gasteiger partial charge >= 0.3 is 0 Å². The van der Waals surface area contributed by atoms with Gasteiger partial charge in [-0.1, -0.05) is 59.4 Å². The molecule has 0 aliphatic rings. The molecule has 2 aromatic carbocycles. The van der Waals surface area contributed by atoms with Crippen molar-refractivity contribution in [3.8, 4) is 0 Å². The number of rotatable bonds is 6. The minimum absolute atomic E-state index is 0.0600. The van der Waals surface area contributed by atoms with Gasteiger partial charge in [0, 0.05) is 23.0 Å². The monoisotopic (exact) mass is 367 g/mol. The van der Waals surface area contributed by atoms with Crippen molar-refractivity contribution in [2.45, 2.75) is 21.9 Å². The van der Waals surface area contributed by atoms with E-state index in [0.29, 0.717) is 0 Å². The first-order valence-corrected chi connectivity index (χ1v) is 9.54. The summed E-state index contributed by atoms with van der Waals surface area (Å²) in [6, 6.07) is 17.7. The molecule has 1 amide bonds. The number of benzene rings is 2. The number of aryl methyl sites for hydroxylation is 1. The van der Waals surface area contributed by atoms with Crippen LogP contribution in [0.1, 0.15) is 5.56 Å². The molecule has 1 heterocycles. The molecule has 25 heavy (non-hydrogen) atoms. The fraction of sp³-hybridized carbons (Fsp3) is 0.105. The molecule has 1 N–H and O–H groups in total. The van der Waals surface area contributed by atoms with Crippen molar-refractivity contribution < 1.29 is 4.79 Å². The lowest BCUT2D eigenvalue weighted by Crippen LogP contribution is -2.14. The number of amides is 1. The van der Waals surface area contributed by atoms with Crippen LogP contribution in [-0.4, -0.2) is 21.6 Å². The zero-order valence-electron chi connectivity index (χ0n) is 13.7. The smallest absolute Gasteiger partial charge is 0.234 e. The average molecular weight is 367 g/mol. The van der Waals surface area contributed by atoms with Crippen molar-refractivity contribution in [2.24, 2.45) is 0 Å². The Balaban J connectivity index is 1.61. The van der Waals surface area contributed by atoms with E-state index >= 15 is 0 Å². The number of anilines is 1. The van der Waals surface area contributed by atoms with Crippen LogP contribution in [0.2, 0.25) is 0 Å². The van der Waals surface area contributed by atoms with Crippen molar-refractivity contribution >= 4 is 35.1 Å². The maximum atomic E-state index is 12.2. The summed E-state index contributed by atoms with van der Waals surface area (Å²) in [6.07, 6.45) is 3.32. The molecule has 3 rings (SSSR count). The number of nitrogens with one attached hydrogen (secondary N) is 1. The van der Waals surface area contributed by atoms with E-state index in [1.54, 1.807) is 24.2 Å². The van der Waals surface area contributed by atoms with Gasteiger partial charge < -0.3 is 5.32 Å². The van der Waals surface area contributed by atoms with Crippen LogP contribution in [0.4, 0.5) is 5.69 Å². The highest BCUT2D eigenvalue weighted by atomic mass is 32.2. The molecule has 0 bridgehead atoms.